The highest BCUT2D eigenvalue weighted by Crippen LogP contribution is 2.20. The van der Waals surface area contributed by atoms with Crippen molar-refractivity contribution in [3.05, 3.63) is 0 Å². The summed E-state index contributed by atoms with van der Waals surface area (Å²) in [5.41, 5.74) is -0.445. The average molecular weight is 410 g/mol. The molecule has 2 aliphatic heterocycles. The number of nitrogens with zero attached hydrogens (tertiary/aromatic N) is 4. The van der Waals surface area contributed by atoms with Gasteiger partial charge in [-0.1, -0.05) is 0 Å². The van der Waals surface area contributed by atoms with Gasteiger partial charge in [-0.15, -0.1) is 0 Å². The Morgan fingerprint density at radius 2 is 1.86 bits per heavy atom. The second kappa shape index (κ2) is 11.0. The van der Waals surface area contributed by atoms with Crippen molar-refractivity contribution in [2.24, 2.45) is 16.8 Å². The van der Waals surface area contributed by atoms with E-state index in [2.05, 4.69) is 27.2 Å². The number of hydrogen-bond acceptors (Lipinski definition) is 4. The minimum atomic E-state index is -0.445. The highest BCUT2D eigenvalue weighted by molar-refractivity contribution is 5.80. The Bertz CT molecular complexity index is 538. The minimum absolute atomic E-state index is 0.197. The molecule has 0 saturated carbocycles. The monoisotopic (exact) mass is 409 g/mol. The van der Waals surface area contributed by atoms with Crippen LogP contribution in [0.15, 0.2) is 4.99 Å². The van der Waals surface area contributed by atoms with Crippen molar-refractivity contribution in [1.29, 1.82) is 0 Å². The second-order valence-electron chi connectivity index (χ2n) is 9.65. The van der Waals surface area contributed by atoms with E-state index in [4.69, 9.17) is 4.74 Å². The summed E-state index contributed by atoms with van der Waals surface area (Å²) < 4.78 is 5.55. The number of hydrogen-bond donors (Lipinski definition) is 1. The van der Waals surface area contributed by atoms with Crippen LogP contribution in [0.1, 0.15) is 53.4 Å². The third kappa shape index (κ3) is 8.03. The fourth-order valence-corrected chi connectivity index (χ4v) is 4.31. The van der Waals surface area contributed by atoms with Crippen molar-refractivity contribution in [2.45, 2.75) is 59.0 Å². The van der Waals surface area contributed by atoms with Crippen LogP contribution in [0.2, 0.25) is 0 Å². The molecular weight excluding hydrogens is 366 g/mol. The molecule has 1 amide bonds. The van der Waals surface area contributed by atoms with Gasteiger partial charge in [0.2, 0.25) is 0 Å². The van der Waals surface area contributed by atoms with Crippen LogP contribution in [0.5, 0.6) is 0 Å². The smallest absolute Gasteiger partial charge is 0.410 e. The number of amides is 1. The molecule has 2 fully saturated rings. The summed E-state index contributed by atoms with van der Waals surface area (Å²) in [6.45, 7) is 14.6. The summed E-state index contributed by atoms with van der Waals surface area (Å²) >= 11 is 0. The zero-order valence-corrected chi connectivity index (χ0v) is 19.5. The van der Waals surface area contributed by atoms with E-state index in [1.165, 1.54) is 25.9 Å². The van der Waals surface area contributed by atoms with Crippen LogP contribution in [-0.4, -0.2) is 92.3 Å². The van der Waals surface area contributed by atoms with Crippen LogP contribution in [0.3, 0.4) is 0 Å². The Morgan fingerprint density at radius 1 is 1.17 bits per heavy atom. The molecule has 1 N–H and O–H groups in total. The predicted molar refractivity (Wildman–Crippen MR) is 119 cm³/mol. The Morgan fingerprint density at radius 3 is 2.41 bits per heavy atom. The van der Waals surface area contributed by atoms with Gasteiger partial charge in [-0.05, 0) is 78.8 Å². The molecule has 0 aromatic heterocycles. The van der Waals surface area contributed by atoms with Crippen LogP contribution >= 0.6 is 0 Å². The summed E-state index contributed by atoms with van der Waals surface area (Å²) in [5, 5.41) is 3.60. The quantitative estimate of drug-likeness (QED) is 0.559. The molecule has 2 aliphatic rings. The number of aliphatic imine (C=N–C) groups is 1. The molecule has 1 atom stereocenters. The van der Waals surface area contributed by atoms with Gasteiger partial charge in [0.1, 0.15) is 5.60 Å². The molecule has 7 heteroatoms. The van der Waals surface area contributed by atoms with Crippen molar-refractivity contribution in [3.63, 3.8) is 0 Å². The predicted octanol–water partition coefficient (Wildman–Crippen LogP) is 2.87. The number of carbonyl (C=O) groups is 1. The van der Waals surface area contributed by atoms with Crippen LogP contribution < -0.4 is 5.32 Å². The molecule has 0 bridgehead atoms. The van der Waals surface area contributed by atoms with Crippen molar-refractivity contribution in [3.8, 4) is 0 Å². The van der Waals surface area contributed by atoms with Gasteiger partial charge in [0.15, 0.2) is 5.96 Å². The largest absolute Gasteiger partial charge is 0.444 e. The first-order valence-electron chi connectivity index (χ1n) is 11.3. The molecule has 2 saturated heterocycles. The number of rotatable bonds is 5. The number of likely N-dealkylation sites (tertiary alicyclic amines) is 2. The van der Waals surface area contributed by atoms with Gasteiger partial charge in [-0.25, -0.2) is 4.79 Å². The molecule has 168 valence electrons. The topological polar surface area (TPSA) is 60.4 Å². The standard InChI is InChI=1S/C22H43N5O2/c1-7-26(21(28)29-22(2,3)4)17-18-10-13-27(14-11-18)20(23-5)24-15-19-9-8-12-25(6)16-19/h18-19H,7-17H2,1-6H3,(H,23,24). The maximum Gasteiger partial charge on any atom is 0.410 e. The summed E-state index contributed by atoms with van der Waals surface area (Å²) in [7, 11) is 4.09. The van der Waals surface area contributed by atoms with Crippen molar-refractivity contribution < 1.29 is 9.53 Å². The minimum Gasteiger partial charge on any atom is -0.444 e. The first-order valence-corrected chi connectivity index (χ1v) is 11.3. The van der Waals surface area contributed by atoms with Crippen LogP contribution in [0.25, 0.3) is 0 Å². The fraction of sp³-hybridized carbons (Fsp3) is 0.909. The zero-order chi connectivity index (χ0) is 21.4. The van der Waals surface area contributed by atoms with Gasteiger partial charge in [0.25, 0.3) is 0 Å². The highest BCUT2D eigenvalue weighted by Gasteiger charge is 2.27. The van der Waals surface area contributed by atoms with Gasteiger partial charge in [-0.3, -0.25) is 4.99 Å². The van der Waals surface area contributed by atoms with Crippen LogP contribution in [0.4, 0.5) is 4.79 Å². The first kappa shape index (κ1) is 23.8. The van der Waals surface area contributed by atoms with E-state index in [0.29, 0.717) is 18.4 Å². The van der Waals surface area contributed by atoms with Gasteiger partial charge < -0.3 is 24.8 Å². The van der Waals surface area contributed by atoms with E-state index in [-0.39, 0.29) is 6.09 Å². The number of ether oxygens (including phenoxy) is 1. The lowest BCUT2D eigenvalue weighted by Gasteiger charge is -2.37. The van der Waals surface area contributed by atoms with Gasteiger partial charge in [0.05, 0.1) is 0 Å². The van der Waals surface area contributed by atoms with Gasteiger partial charge >= 0.3 is 6.09 Å². The van der Waals surface area contributed by atoms with E-state index in [1.807, 2.05) is 39.6 Å². The lowest BCUT2D eigenvalue weighted by molar-refractivity contribution is 0.0214. The molecule has 2 rings (SSSR count). The maximum atomic E-state index is 12.4. The van der Waals surface area contributed by atoms with E-state index >= 15 is 0 Å². The van der Waals surface area contributed by atoms with E-state index in [0.717, 1.165) is 45.0 Å². The molecule has 0 aromatic rings. The SMILES string of the molecule is CCN(CC1CCN(C(=NC)NCC2CCCN(C)C2)CC1)C(=O)OC(C)(C)C. The summed E-state index contributed by atoms with van der Waals surface area (Å²) in [6, 6.07) is 0. The number of carbonyl (C=O) groups excluding carboxylic acids is 1. The third-order valence-electron chi connectivity index (χ3n) is 5.91. The number of guanidine groups is 1. The highest BCUT2D eigenvalue weighted by atomic mass is 16.6. The first-order chi connectivity index (χ1) is 13.7. The summed E-state index contributed by atoms with van der Waals surface area (Å²) in [5.74, 6) is 2.25. The molecule has 7 nitrogen and oxygen atoms in total. The number of piperidine rings is 2. The lowest BCUT2D eigenvalue weighted by Crippen LogP contribution is -2.49. The summed E-state index contributed by atoms with van der Waals surface area (Å²) in [4.78, 5) is 23.6. The second-order valence-corrected chi connectivity index (χ2v) is 9.65. The molecular formula is C22H43N5O2. The van der Waals surface area contributed by atoms with Crippen molar-refractivity contribution in [2.75, 3.05) is 59.9 Å². The average Bonchev–Trinajstić information content (AvgIpc) is 2.66. The normalized spacial score (nSPS) is 22.5. The molecule has 0 aromatic carbocycles. The van der Waals surface area contributed by atoms with E-state index in [9.17, 15) is 4.79 Å². The zero-order valence-electron chi connectivity index (χ0n) is 19.5. The number of nitrogens with one attached hydrogen (secondary N) is 1. The Labute approximate surface area is 177 Å². The van der Waals surface area contributed by atoms with Gasteiger partial charge in [0, 0.05) is 46.3 Å². The molecule has 0 spiro atoms. The Kier molecular flexibility index (Phi) is 9.05. The fourth-order valence-electron chi connectivity index (χ4n) is 4.31. The molecule has 2 heterocycles. The summed E-state index contributed by atoms with van der Waals surface area (Å²) in [6.07, 6.45) is 4.54. The molecule has 0 aliphatic carbocycles. The molecule has 0 radical (unpaired) electrons. The van der Waals surface area contributed by atoms with Crippen LogP contribution in [-0.2, 0) is 4.74 Å². The lowest BCUT2D eigenvalue weighted by atomic mass is 9.96. The van der Waals surface area contributed by atoms with Crippen molar-refractivity contribution in [1.82, 2.24) is 20.0 Å². The Balaban J connectivity index is 1.77. The van der Waals surface area contributed by atoms with Crippen LogP contribution in [0, 0.1) is 11.8 Å². The van der Waals surface area contributed by atoms with E-state index in [1.54, 1.807) is 0 Å². The Hall–Kier alpha value is -1.50. The molecule has 29 heavy (non-hydrogen) atoms. The molecule has 1 unspecified atom stereocenters. The van der Waals surface area contributed by atoms with Gasteiger partial charge in [-0.2, -0.15) is 0 Å². The van der Waals surface area contributed by atoms with E-state index < -0.39 is 5.60 Å². The maximum absolute atomic E-state index is 12.4. The third-order valence-corrected chi connectivity index (χ3v) is 5.91. The van der Waals surface area contributed by atoms with Crippen molar-refractivity contribution >= 4 is 12.1 Å².